The third kappa shape index (κ3) is 5.57. The number of aliphatic carboxylic acids is 1. The molecule has 2 aliphatic heterocycles. The normalized spacial score (nSPS) is 32.8. The van der Waals surface area contributed by atoms with Crippen molar-refractivity contribution in [3.63, 3.8) is 0 Å². The van der Waals surface area contributed by atoms with Gasteiger partial charge < -0.3 is 69.3 Å². The molecule has 10 atom stereocenters. The summed E-state index contributed by atoms with van der Waals surface area (Å²) in [6.07, 6.45) is -17.4. The van der Waals surface area contributed by atoms with E-state index >= 15 is 0 Å². The van der Waals surface area contributed by atoms with E-state index in [-0.39, 0.29) is 33.8 Å². The molecule has 0 saturated carbocycles. The standard InChI is InChI=1S/C27H28O16/c1-8-14(30)16(32)19(35)26(39-8)42-23-15(31)12-6-11(40-27-20(36)17(33)18(34)24(43-27)25(37)38)7-13(29)22(12)41-21(23)9-2-4-10(28)5-3-9/h2-8,14,16-20,24,26-30,32-36H,1H3,(H,37,38). The van der Waals surface area contributed by atoms with Gasteiger partial charge in [0, 0.05) is 11.6 Å². The smallest absolute Gasteiger partial charge is 0.335 e. The van der Waals surface area contributed by atoms with E-state index in [4.69, 9.17) is 23.4 Å². The Labute approximate surface area is 240 Å². The Balaban J connectivity index is 1.59. The number of carboxylic acid groups (broad SMARTS) is 1. The molecule has 2 saturated heterocycles. The van der Waals surface area contributed by atoms with Gasteiger partial charge in [-0.2, -0.15) is 0 Å². The van der Waals surface area contributed by atoms with E-state index in [0.717, 1.165) is 12.1 Å². The second-order valence-corrected chi connectivity index (χ2v) is 10.1. The van der Waals surface area contributed by atoms with Crippen molar-refractivity contribution in [2.24, 2.45) is 0 Å². The summed E-state index contributed by atoms with van der Waals surface area (Å²) in [4.78, 5) is 25.2. The summed E-state index contributed by atoms with van der Waals surface area (Å²) in [7, 11) is 0. The highest BCUT2D eigenvalue weighted by molar-refractivity contribution is 5.87. The maximum atomic E-state index is 13.8. The molecule has 2 aliphatic rings. The zero-order valence-corrected chi connectivity index (χ0v) is 22.1. The summed E-state index contributed by atoms with van der Waals surface area (Å²) < 4.78 is 27.5. The van der Waals surface area contributed by atoms with Gasteiger partial charge in [-0.25, -0.2) is 4.79 Å². The summed E-state index contributed by atoms with van der Waals surface area (Å²) in [6.45, 7) is 1.40. The molecule has 2 fully saturated rings. The van der Waals surface area contributed by atoms with Crippen LogP contribution in [0, 0.1) is 0 Å². The minimum atomic E-state index is -1.98. The lowest BCUT2D eigenvalue weighted by molar-refractivity contribution is -0.271. The van der Waals surface area contributed by atoms with Crippen molar-refractivity contribution in [2.75, 3.05) is 0 Å². The average molecular weight is 609 g/mol. The molecule has 10 unspecified atom stereocenters. The maximum absolute atomic E-state index is 13.8. The van der Waals surface area contributed by atoms with Crippen LogP contribution in [0.25, 0.3) is 22.3 Å². The van der Waals surface area contributed by atoms with Gasteiger partial charge in [-0.05, 0) is 37.3 Å². The van der Waals surface area contributed by atoms with Crippen LogP contribution in [0.1, 0.15) is 6.92 Å². The van der Waals surface area contributed by atoms with Gasteiger partial charge in [-0.15, -0.1) is 0 Å². The molecule has 5 rings (SSSR count). The van der Waals surface area contributed by atoms with Crippen LogP contribution in [0.4, 0.5) is 0 Å². The topological polar surface area (TPSA) is 266 Å². The lowest BCUT2D eigenvalue weighted by Gasteiger charge is -2.38. The number of phenolic OH excluding ortho intramolecular Hbond substituents is 2. The van der Waals surface area contributed by atoms with Gasteiger partial charge in [0.05, 0.1) is 11.5 Å². The van der Waals surface area contributed by atoms with Gasteiger partial charge >= 0.3 is 5.97 Å². The maximum Gasteiger partial charge on any atom is 0.335 e. The Morgan fingerprint density at radius 3 is 2.02 bits per heavy atom. The number of aromatic hydroxyl groups is 2. The minimum absolute atomic E-state index is 0.120. The van der Waals surface area contributed by atoms with Crippen molar-refractivity contribution in [1.29, 1.82) is 0 Å². The fourth-order valence-electron chi connectivity index (χ4n) is 4.73. The van der Waals surface area contributed by atoms with Gasteiger partial charge in [0.25, 0.3) is 0 Å². The number of hydrogen-bond acceptors (Lipinski definition) is 15. The van der Waals surface area contributed by atoms with Crippen LogP contribution in [0.5, 0.6) is 23.0 Å². The fraction of sp³-hybridized carbons (Fsp3) is 0.407. The second kappa shape index (κ2) is 11.6. The summed E-state index contributed by atoms with van der Waals surface area (Å²) in [5.41, 5.74) is -1.17. The monoisotopic (exact) mass is 608 g/mol. The highest BCUT2D eigenvalue weighted by Gasteiger charge is 2.48. The molecule has 16 nitrogen and oxygen atoms in total. The number of fused-ring (bicyclic) bond motifs is 1. The Hall–Kier alpha value is -4.00. The van der Waals surface area contributed by atoms with Crippen molar-refractivity contribution >= 4 is 16.9 Å². The molecular formula is C27H28O16. The summed E-state index contributed by atoms with van der Waals surface area (Å²) in [5.74, 6) is -3.66. The molecule has 232 valence electrons. The predicted molar refractivity (Wildman–Crippen MR) is 139 cm³/mol. The average Bonchev–Trinajstić information content (AvgIpc) is 2.96. The van der Waals surface area contributed by atoms with E-state index in [2.05, 4.69) is 0 Å². The number of benzene rings is 2. The first-order valence-electron chi connectivity index (χ1n) is 12.9. The zero-order chi connectivity index (χ0) is 31.3. The molecule has 16 heteroatoms. The van der Waals surface area contributed by atoms with Crippen LogP contribution in [-0.2, 0) is 14.3 Å². The highest BCUT2D eigenvalue weighted by Crippen LogP contribution is 2.38. The van der Waals surface area contributed by atoms with E-state index in [9.17, 15) is 55.5 Å². The molecule has 0 bridgehead atoms. The van der Waals surface area contributed by atoms with Crippen molar-refractivity contribution in [3.8, 4) is 34.3 Å². The third-order valence-corrected chi connectivity index (χ3v) is 7.14. The van der Waals surface area contributed by atoms with Crippen LogP contribution < -0.4 is 14.9 Å². The third-order valence-electron chi connectivity index (χ3n) is 7.14. The highest BCUT2D eigenvalue weighted by atomic mass is 16.7. The van der Waals surface area contributed by atoms with Gasteiger partial charge in [0.2, 0.25) is 23.8 Å². The minimum Gasteiger partial charge on any atom is -0.508 e. The molecule has 2 aromatic carbocycles. The van der Waals surface area contributed by atoms with E-state index in [1.165, 1.54) is 31.2 Å². The molecule has 0 spiro atoms. The number of ether oxygens (including phenoxy) is 4. The Bertz CT molecular complexity index is 1550. The molecular weight excluding hydrogens is 580 g/mol. The molecule has 0 radical (unpaired) electrons. The first-order valence-corrected chi connectivity index (χ1v) is 12.9. The van der Waals surface area contributed by atoms with Gasteiger partial charge in [0.1, 0.15) is 48.1 Å². The molecule has 9 N–H and O–H groups in total. The summed E-state index contributed by atoms with van der Waals surface area (Å²) >= 11 is 0. The van der Waals surface area contributed by atoms with Crippen LogP contribution >= 0.6 is 0 Å². The largest absolute Gasteiger partial charge is 0.508 e. The fourth-order valence-corrected chi connectivity index (χ4v) is 4.73. The summed E-state index contributed by atoms with van der Waals surface area (Å²) in [5, 5.41) is 90.4. The molecule has 3 heterocycles. The van der Waals surface area contributed by atoms with Gasteiger partial charge in [-0.3, -0.25) is 4.79 Å². The van der Waals surface area contributed by atoms with Crippen molar-refractivity contribution in [3.05, 3.63) is 46.6 Å². The second-order valence-electron chi connectivity index (χ2n) is 10.1. The number of aliphatic hydroxyl groups is 6. The van der Waals surface area contributed by atoms with Gasteiger partial charge in [-0.1, -0.05) is 0 Å². The van der Waals surface area contributed by atoms with Crippen LogP contribution in [0.15, 0.2) is 45.6 Å². The number of hydrogen-bond donors (Lipinski definition) is 9. The predicted octanol–water partition coefficient (Wildman–Crippen LogP) is -1.65. The Morgan fingerprint density at radius 1 is 0.791 bits per heavy atom. The lowest BCUT2D eigenvalue weighted by atomic mass is 9.99. The van der Waals surface area contributed by atoms with Crippen molar-refractivity contribution < 1.29 is 74.1 Å². The van der Waals surface area contributed by atoms with Crippen molar-refractivity contribution in [1.82, 2.24) is 0 Å². The van der Waals surface area contributed by atoms with Crippen LogP contribution in [0.2, 0.25) is 0 Å². The summed E-state index contributed by atoms with van der Waals surface area (Å²) in [6, 6.07) is 7.25. The van der Waals surface area contributed by atoms with E-state index in [1.54, 1.807) is 0 Å². The lowest BCUT2D eigenvalue weighted by Crippen LogP contribution is -2.61. The van der Waals surface area contributed by atoms with E-state index in [0.29, 0.717) is 0 Å². The number of carboxylic acids is 1. The zero-order valence-electron chi connectivity index (χ0n) is 22.1. The Morgan fingerprint density at radius 2 is 1.40 bits per heavy atom. The Kier molecular flexibility index (Phi) is 8.21. The first kappa shape index (κ1) is 30.5. The molecule has 3 aromatic rings. The molecule has 1 aromatic heterocycles. The number of carbonyl (C=O) groups is 1. The SMILES string of the molecule is CC1OC(Oc2c(-c3ccc(O)cc3)oc3c(O)cc(OC4OC(C(=O)O)C(O)C(O)C4O)cc3c2=O)C(O)C(O)C1O. The van der Waals surface area contributed by atoms with E-state index < -0.39 is 84.3 Å². The number of phenols is 2. The molecule has 43 heavy (non-hydrogen) atoms. The van der Waals surface area contributed by atoms with Gasteiger partial charge in [0.15, 0.2) is 23.2 Å². The molecule has 0 aliphatic carbocycles. The number of aliphatic hydroxyl groups excluding tert-OH is 6. The molecule has 0 amide bonds. The quantitative estimate of drug-likeness (QED) is 0.152. The van der Waals surface area contributed by atoms with Crippen molar-refractivity contribution in [2.45, 2.75) is 68.3 Å². The number of rotatable bonds is 6. The van der Waals surface area contributed by atoms with Crippen LogP contribution in [0.3, 0.4) is 0 Å². The van der Waals surface area contributed by atoms with Crippen LogP contribution in [-0.4, -0.2) is 113 Å². The first-order chi connectivity index (χ1) is 20.3. The van der Waals surface area contributed by atoms with E-state index in [1.807, 2.05) is 0 Å².